The Labute approximate surface area is 217 Å². The van der Waals surface area contributed by atoms with E-state index in [-0.39, 0.29) is 11.9 Å². The Morgan fingerprint density at radius 3 is 2.43 bits per heavy atom. The van der Waals surface area contributed by atoms with Crippen LogP contribution in [0, 0.1) is 6.92 Å². The number of amides is 1. The smallest absolute Gasteiger partial charge is 0.338 e. The number of anilines is 1. The summed E-state index contributed by atoms with van der Waals surface area (Å²) in [5.41, 5.74) is 4.74. The number of benzene rings is 3. The van der Waals surface area contributed by atoms with Gasteiger partial charge in [-0.05, 0) is 73.5 Å². The number of hydrogen-bond acceptors (Lipinski definition) is 4. The zero-order valence-corrected chi connectivity index (χ0v) is 21.7. The summed E-state index contributed by atoms with van der Waals surface area (Å²) in [7, 11) is 0. The molecule has 0 spiro atoms. The van der Waals surface area contributed by atoms with Crippen LogP contribution < -0.4 is 5.32 Å². The highest BCUT2D eigenvalue weighted by atomic mass is 79.9. The van der Waals surface area contributed by atoms with E-state index < -0.39 is 0 Å². The van der Waals surface area contributed by atoms with Crippen LogP contribution >= 0.6 is 27.5 Å². The zero-order chi connectivity index (χ0) is 24.9. The number of esters is 1. The van der Waals surface area contributed by atoms with Crippen LogP contribution in [0.4, 0.5) is 5.69 Å². The molecule has 5 nitrogen and oxygen atoms in total. The highest BCUT2D eigenvalue weighted by Gasteiger charge is 2.17. The molecule has 0 bridgehead atoms. The Hall–Kier alpha value is -3.22. The van der Waals surface area contributed by atoms with Gasteiger partial charge in [-0.3, -0.25) is 4.79 Å². The average Bonchev–Trinajstić information content (AvgIpc) is 2.84. The average molecular weight is 552 g/mol. The molecule has 0 fully saturated rings. The summed E-state index contributed by atoms with van der Waals surface area (Å²) in [4.78, 5) is 30.4. The van der Waals surface area contributed by atoms with Crippen molar-refractivity contribution in [3.8, 4) is 11.3 Å². The van der Waals surface area contributed by atoms with E-state index in [1.54, 1.807) is 42.5 Å². The topological polar surface area (TPSA) is 68.3 Å². The molecule has 0 saturated carbocycles. The number of halogens is 2. The number of aromatic nitrogens is 1. The maximum atomic E-state index is 13.4. The number of nitrogens with one attached hydrogen (secondary N) is 1. The number of fused-ring (bicyclic) bond motifs is 1. The van der Waals surface area contributed by atoms with Gasteiger partial charge in [-0.15, -0.1) is 0 Å². The number of carbonyl (C=O) groups excluding carboxylic acids is 2. The third-order valence-electron chi connectivity index (χ3n) is 5.56. The predicted octanol–water partition coefficient (Wildman–Crippen LogP) is 7.84. The van der Waals surface area contributed by atoms with E-state index in [1.807, 2.05) is 38.1 Å². The second-order valence-electron chi connectivity index (χ2n) is 8.20. The summed E-state index contributed by atoms with van der Waals surface area (Å²) >= 11 is 9.58. The molecule has 1 heterocycles. The molecule has 0 aliphatic carbocycles. The van der Waals surface area contributed by atoms with Gasteiger partial charge in [-0.1, -0.05) is 53.0 Å². The molecule has 0 unspecified atom stereocenters. The van der Waals surface area contributed by atoms with Gasteiger partial charge in [0.25, 0.3) is 5.91 Å². The molecule has 4 aromatic rings. The predicted molar refractivity (Wildman–Crippen MR) is 144 cm³/mol. The summed E-state index contributed by atoms with van der Waals surface area (Å²) in [5.74, 6) is -0.646. The van der Waals surface area contributed by atoms with Crippen molar-refractivity contribution in [1.29, 1.82) is 0 Å². The minimum atomic E-state index is -0.371. The molecule has 0 atom stereocenters. The molecule has 3 aromatic carbocycles. The molecule has 4 rings (SSSR count). The number of aryl methyl sites for hydroxylation is 1. The van der Waals surface area contributed by atoms with Gasteiger partial charge < -0.3 is 10.1 Å². The van der Waals surface area contributed by atoms with Gasteiger partial charge in [0.05, 0.1) is 28.9 Å². The summed E-state index contributed by atoms with van der Waals surface area (Å²) < 4.78 is 6.11. The van der Waals surface area contributed by atoms with E-state index in [2.05, 4.69) is 21.2 Å². The Balaban J connectivity index is 1.66. The fourth-order valence-corrected chi connectivity index (χ4v) is 4.39. The van der Waals surface area contributed by atoms with Crippen molar-refractivity contribution >= 4 is 56.0 Å². The lowest BCUT2D eigenvalue weighted by Crippen LogP contribution is -2.14. The first-order valence-corrected chi connectivity index (χ1v) is 12.5. The molecule has 0 saturated heterocycles. The van der Waals surface area contributed by atoms with Crippen LogP contribution in [0.15, 0.2) is 71.2 Å². The SMILES string of the molecule is CCCCOC(=O)c1ccc(NC(=O)c2cc(-c3ccc(Cl)cc3)nc3c(C)cc(Br)cc23)cc1. The lowest BCUT2D eigenvalue weighted by Gasteiger charge is -2.13. The lowest BCUT2D eigenvalue weighted by atomic mass is 10.0. The van der Waals surface area contributed by atoms with E-state index in [0.29, 0.717) is 34.1 Å². The maximum Gasteiger partial charge on any atom is 0.338 e. The van der Waals surface area contributed by atoms with Crippen LogP contribution in [0.2, 0.25) is 5.02 Å². The maximum absolute atomic E-state index is 13.4. The molecule has 7 heteroatoms. The number of carbonyl (C=O) groups is 2. The Morgan fingerprint density at radius 2 is 1.74 bits per heavy atom. The first-order valence-electron chi connectivity index (χ1n) is 11.3. The lowest BCUT2D eigenvalue weighted by molar-refractivity contribution is 0.0499. The van der Waals surface area contributed by atoms with Crippen molar-refractivity contribution < 1.29 is 14.3 Å². The number of rotatable bonds is 7. The van der Waals surface area contributed by atoms with E-state index in [1.165, 1.54) is 0 Å². The van der Waals surface area contributed by atoms with Crippen LogP contribution in [-0.2, 0) is 4.74 Å². The van der Waals surface area contributed by atoms with Crippen LogP contribution in [0.25, 0.3) is 22.2 Å². The van der Waals surface area contributed by atoms with Gasteiger partial charge in [0, 0.05) is 26.1 Å². The highest BCUT2D eigenvalue weighted by Crippen LogP contribution is 2.30. The van der Waals surface area contributed by atoms with E-state index in [0.717, 1.165) is 39.3 Å². The number of unbranched alkanes of at least 4 members (excludes halogenated alkanes) is 1. The van der Waals surface area contributed by atoms with Crippen molar-refractivity contribution in [1.82, 2.24) is 4.98 Å². The Bertz CT molecular complexity index is 1390. The minimum Gasteiger partial charge on any atom is -0.462 e. The molecule has 1 aromatic heterocycles. The molecule has 0 aliphatic rings. The standard InChI is InChI=1S/C28H24BrClN2O3/c1-3-4-13-35-28(34)19-7-11-22(12-8-19)31-27(33)24-16-25(18-5-9-21(30)10-6-18)32-26-17(2)14-20(29)15-23(24)26/h5-12,14-16H,3-4,13H2,1-2H3,(H,31,33). The first-order chi connectivity index (χ1) is 16.9. The Kier molecular flexibility index (Phi) is 7.83. The first kappa shape index (κ1) is 24.9. The van der Waals surface area contributed by atoms with Gasteiger partial charge in [0.15, 0.2) is 0 Å². The fraction of sp³-hybridized carbons (Fsp3) is 0.179. The zero-order valence-electron chi connectivity index (χ0n) is 19.4. The summed E-state index contributed by atoms with van der Waals surface area (Å²) in [6, 6.07) is 19.7. The molecule has 35 heavy (non-hydrogen) atoms. The molecule has 1 N–H and O–H groups in total. The van der Waals surface area contributed by atoms with Gasteiger partial charge in [0.2, 0.25) is 0 Å². The minimum absolute atomic E-state index is 0.275. The highest BCUT2D eigenvalue weighted by molar-refractivity contribution is 9.10. The number of ether oxygens (including phenoxy) is 1. The van der Waals surface area contributed by atoms with Gasteiger partial charge in [-0.2, -0.15) is 0 Å². The normalized spacial score (nSPS) is 10.9. The van der Waals surface area contributed by atoms with E-state index >= 15 is 0 Å². The third-order valence-corrected chi connectivity index (χ3v) is 6.27. The quantitative estimate of drug-likeness (QED) is 0.188. The molecule has 0 radical (unpaired) electrons. The monoisotopic (exact) mass is 550 g/mol. The van der Waals surface area contributed by atoms with Crippen LogP contribution in [0.5, 0.6) is 0 Å². The summed E-state index contributed by atoms with van der Waals surface area (Å²) in [6.07, 6.45) is 1.78. The Morgan fingerprint density at radius 1 is 1.03 bits per heavy atom. The van der Waals surface area contributed by atoms with Gasteiger partial charge in [0.1, 0.15) is 0 Å². The van der Waals surface area contributed by atoms with Crippen LogP contribution in [0.1, 0.15) is 46.0 Å². The van der Waals surface area contributed by atoms with E-state index in [4.69, 9.17) is 21.3 Å². The third kappa shape index (κ3) is 5.89. The number of nitrogens with zero attached hydrogens (tertiary/aromatic N) is 1. The number of hydrogen-bond donors (Lipinski definition) is 1. The van der Waals surface area contributed by atoms with Crippen molar-refractivity contribution in [3.63, 3.8) is 0 Å². The van der Waals surface area contributed by atoms with Crippen LogP contribution in [0.3, 0.4) is 0 Å². The van der Waals surface area contributed by atoms with Gasteiger partial charge in [-0.25, -0.2) is 9.78 Å². The number of pyridine rings is 1. The van der Waals surface area contributed by atoms with E-state index in [9.17, 15) is 9.59 Å². The fourth-order valence-electron chi connectivity index (χ4n) is 3.69. The summed E-state index contributed by atoms with van der Waals surface area (Å²) in [6.45, 7) is 4.40. The van der Waals surface area contributed by atoms with Crippen molar-refractivity contribution in [2.75, 3.05) is 11.9 Å². The largest absolute Gasteiger partial charge is 0.462 e. The summed E-state index contributed by atoms with van der Waals surface area (Å²) in [5, 5.41) is 4.31. The molecule has 178 valence electrons. The second-order valence-corrected chi connectivity index (χ2v) is 9.55. The molecule has 0 aliphatic heterocycles. The molecular formula is C28H24BrClN2O3. The van der Waals surface area contributed by atoms with Crippen molar-refractivity contribution in [3.05, 3.63) is 92.9 Å². The van der Waals surface area contributed by atoms with Gasteiger partial charge >= 0.3 is 5.97 Å². The molecule has 1 amide bonds. The van der Waals surface area contributed by atoms with Crippen LogP contribution in [-0.4, -0.2) is 23.5 Å². The second kappa shape index (κ2) is 11.0. The molecular weight excluding hydrogens is 528 g/mol. The van der Waals surface area contributed by atoms with Crippen molar-refractivity contribution in [2.45, 2.75) is 26.7 Å². The van der Waals surface area contributed by atoms with Crippen molar-refractivity contribution in [2.24, 2.45) is 0 Å².